The third kappa shape index (κ3) is 4.02. The molecule has 1 N–H and O–H groups in total. The number of likely N-dealkylation sites (N-methyl/N-ethyl adjacent to an activating group) is 1. The van der Waals surface area contributed by atoms with Gasteiger partial charge in [0.15, 0.2) is 0 Å². The van der Waals surface area contributed by atoms with Gasteiger partial charge in [-0.1, -0.05) is 36.4 Å². The molecule has 0 bridgehead atoms. The zero-order valence-corrected chi connectivity index (χ0v) is 18.1. The van der Waals surface area contributed by atoms with Gasteiger partial charge in [0.2, 0.25) is 0 Å². The molecular weight excluding hydrogens is 410 g/mol. The minimum absolute atomic E-state index is 0.0840. The van der Waals surface area contributed by atoms with Gasteiger partial charge in [-0.2, -0.15) is 0 Å². The number of thiophene rings is 1. The van der Waals surface area contributed by atoms with Crippen molar-refractivity contribution in [2.75, 3.05) is 20.6 Å². The Bertz CT molecular complexity index is 1100. The third-order valence-electron chi connectivity index (χ3n) is 5.47. The van der Waals surface area contributed by atoms with Gasteiger partial charge in [-0.15, -0.1) is 11.3 Å². The van der Waals surface area contributed by atoms with Crippen LogP contribution in [0.5, 0.6) is 0 Å². The van der Waals surface area contributed by atoms with Crippen LogP contribution in [-0.4, -0.2) is 52.2 Å². The summed E-state index contributed by atoms with van der Waals surface area (Å²) in [5.74, 6) is -1.45. The van der Waals surface area contributed by atoms with Crippen LogP contribution in [0.25, 0.3) is 5.76 Å². The van der Waals surface area contributed by atoms with Crippen molar-refractivity contribution in [3.63, 3.8) is 0 Å². The molecule has 6 nitrogen and oxygen atoms in total. The molecule has 7 heteroatoms. The highest BCUT2D eigenvalue weighted by Crippen LogP contribution is 2.40. The first-order valence-electron chi connectivity index (χ1n) is 9.92. The quantitative estimate of drug-likeness (QED) is 0.363. The van der Waals surface area contributed by atoms with Crippen LogP contribution in [0.15, 0.2) is 77.9 Å². The number of aliphatic hydroxyl groups is 1. The summed E-state index contributed by atoms with van der Waals surface area (Å²) in [5.41, 5.74) is 1.34. The molecule has 0 radical (unpaired) electrons. The number of aliphatic hydroxyl groups excluding tert-OH is 1. The Kier molecular flexibility index (Phi) is 5.97. The van der Waals surface area contributed by atoms with E-state index in [1.165, 1.54) is 0 Å². The molecule has 2 atom stereocenters. The SMILES string of the molecule is CN(C)[C@@H](CN1C(=O)C(=O)/C(=C(/O)c2ccccc2)[C@H]1c1ccncc1)c1cccs1. The Hall–Kier alpha value is -3.29. The van der Waals surface area contributed by atoms with Crippen molar-refractivity contribution in [1.29, 1.82) is 0 Å². The maximum absolute atomic E-state index is 13.2. The van der Waals surface area contributed by atoms with E-state index in [2.05, 4.69) is 4.98 Å². The van der Waals surface area contributed by atoms with Crippen LogP contribution < -0.4 is 0 Å². The molecule has 0 unspecified atom stereocenters. The van der Waals surface area contributed by atoms with E-state index in [-0.39, 0.29) is 17.4 Å². The highest BCUT2D eigenvalue weighted by Gasteiger charge is 2.47. The van der Waals surface area contributed by atoms with Gasteiger partial charge in [0.25, 0.3) is 11.7 Å². The summed E-state index contributed by atoms with van der Waals surface area (Å²) in [6, 6.07) is 15.6. The number of likely N-dealkylation sites (tertiary alicyclic amines) is 1. The lowest BCUT2D eigenvalue weighted by atomic mass is 9.96. The van der Waals surface area contributed by atoms with Gasteiger partial charge in [0.05, 0.1) is 17.7 Å². The summed E-state index contributed by atoms with van der Waals surface area (Å²) in [5, 5.41) is 13.0. The second-order valence-electron chi connectivity index (χ2n) is 7.59. The second-order valence-corrected chi connectivity index (χ2v) is 8.57. The first-order chi connectivity index (χ1) is 15.0. The first kappa shape index (κ1) is 21.0. The van der Waals surface area contributed by atoms with Crippen LogP contribution in [-0.2, 0) is 9.59 Å². The molecule has 1 saturated heterocycles. The Morgan fingerprint density at radius 1 is 1.10 bits per heavy atom. The van der Waals surface area contributed by atoms with E-state index in [1.54, 1.807) is 65.0 Å². The molecule has 0 aliphatic carbocycles. The maximum atomic E-state index is 13.2. The predicted molar refractivity (Wildman–Crippen MR) is 120 cm³/mol. The van der Waals surface area contributed by atoms with Gasteiger partial charge in [0.1, 0.15) is 5.76 Å². The van der Waals surface area contributed by atoms with E-state index in [1.807, 2.05) is 42.6 Å². The number of hydrogen-bond donors (Lipinski definition) is 1. The molecule has 158 valence electrons. The fourth-order valence-corrected chi connectivity index (χ4v) is 4.80. The minimum Gasteiger partial charge on any atom is -0.507 e. The normalized spacial score (nSPS) is 19.2. The zero-order chi connectivity index (χ0) is 22.0. The van der Waals surface area contributed by atoms with Crippen LogP contribution >= 0.6 is 11.3 Å². The van der Waals surface area contributed by atoms with Crippen LogP contribution in [0.3, 0.4) is 0 Å². The number of amides is 1. The summed E-state index contributed by atoms with van der Waals surface area (Å²) in [4.78, 5) is 35.0. The summed E-state index contributed by atoms with van der Waals surface area (Å²) in [7, 11) is 3.90. The number of carbonyl (C=O) groups is 2. The fraction of sp³-hybridized carbons (Fsp3) is 0.208. The van der Waals surface area contributed by atoms with Gasteiger partial charge in [-0.3, -0.25) is 14.6 Å². The Balaban J connectivity index is 1.83. The fourth-order valence-electron chi connectivity index (χ4n) is 3.89. The van der Waals surface area contributed by atoms with E-state index < -0.39 is 17.7 Å². The Morgan fingerprint density at radius 2 is 1.81 bits per heavy atom. The lowest BCUT2D eigenvalue weighted by Gasteiger charge is -2.32. The monoisotopic (exact) mass is 433 g/mol. The van der Waals surface area contributed by atoms with Gasteiger partial charge < -0.3 is 14.9 Å². The molecule has 1 aliphatic heterocycles. The molecule has 31 heavy (non-hydrogen) atoms. The first-order valence-corrected chi connectivity index (χ1v) is 10.8. The van der Waals surface area contributed by atoms with Gasteiger partial charge in [-0.25, -0.2) is 0 Å². The molecule has 1 aliphatic rings. The average molecular weight is 434 g/mol. The van der Waals surface area contributed by atoms with Crippen molar-refractivity contribution in [3.8, 4) is 0 Å². The number of hydrogen-bond acceptors (Lipinski definition) is 6. The number of pyridine rings is 1. The Labute approximate surface area is 185 Å². The second kappa shape index (κ2) is 8.83. The number of Topliss-reactive ketones (excluding diaryl/α,β-unsaturated/α-hetero) is 1. The van der Waals surface area contributed by atoms with Crippen molar-refractivity contribution >= 4 is 28.8 Å². The van der Waals surface area contributed by atoms with Crippen LogP contribution in [0.2, 0.25) is 0 Å². The van der Waals surface area contributed by atoms with Crippen molar-refractivity contribution in [2.45, 2.75) is 12.1 Å². The average Bonchev–Trinajstić information content (AvgIpc) is 3.40. The Morgan fingerprint density at radius 3 is 2.42 bits per heavy atom. The molecule has 1 fully saturated rings. The minimum atomic E-state index is -0.689. The zero-order valence-electron chi connectivity index (χ0n) is 17.3. The molecular formula is C24H23N3O3S. The smallest absolute Gasteiger partial charge is 0.295 e. The maximum Gasteiger partial charge on any atom is 0.295 e. The van der Waals surface area contributed by atoms with Gasteiger partial charge in [0, 0.05) is 29.4 Å². The van der Waals surface area contributed by atoms with Crippen molar-refractivity contribution in [2.24, 2.45) is 0 Å². The highest BCUT2D eigenvalue weighted by atomic mass is 32.1. The number of ketones is 1. The highest BCUT2D eigenvalue weighted by molar-refractivity contribution is 7.10. The molecule has 1 amide bonds. The molecule has 0 saturated carbocycles. The van der Waals surface area contributed by atoms with E-state index in [0.717, 1.165) is 10.4 Å². The van der Waals surface area contributed by atoms with Crippen molar-refractivity contribution in [3.05, 3.63) is 93.9 Å². The summed E-state index contributed by atoms with van der Waals surface area (Å²) in [6.45, 7) is 0.316. The van der Waals surface area contributed by atoms with Crippen molar-refractivity contribution < 1.29 is 14.7 Å². The van der Waals surface area contributed by atoms with E-state index in [9.17, 15) is 14.7 Å². The summed E-state index contributed by atoms with van der Waals surface area (Å²) >= 11 is 1.61. The number of benzene rings is 1. The van der Waals surface area contributed by atoms with E-state index in [4.69, 9.17) is 0 Å². The lowest BCUT2D eigenvalue weighted by molar-refractivity contribution is -0.140. The molecule has 2 aromatic heterocycles. The van der Waals surface area contributed by atoms with Crippen LogP contribution in [0.4, 0.5) is 0 Å². The summed E-state index contributed by atoms with van der Waals surface area (Å²) in [6.07, 6.45) is 3.25. The van der Waals surface area contributed by atoms with Crippen LogP contribution in [0.1, 0.15) is 28.1 Å². The molecule has 3 aromatic rings. The summed E-state index contributed by atoms with van der Waals surface area (Å²) < 4.78 is 0. The number of aromatic nitrogens is 1. The molecule has 0 spiro atoms. The molecule has 1 aromatic carbocycles. The number of rotatable bonds is 6. The van der Waals surface area contributed by atoms with E-state index in [0.29, 0.717) is 12.1 Å². The topological polar surface area (TPSA) is 73.7 Å². The lowest BCUT2D eigenvalue weighted by Crippen LogP contribution is -2.37. The number of carbonyl (C=O) groups excluding carboxylic acids is 2. The third-order valence-corrected chi connectivity index (χ3v) is 6.45. The van der Waals surface area contributed by atoms with E-state index >= 15 is 0 Å². The largest absolute Gasteiger partial charge is 0.507 e. The number of nitrogens with zero attached hydrogens (tertiary/aromatic N) is 3. The predicted octanol–water partition coefficient (Wildman–Crippen LogP) is 3.87. The van der Waals surface area contributed by atoms with Gasteiger partial charge >= 0.3 is 0 Å². The standard InChI is InChI=1S/C24H23N3O3S/c1-26(2)18(19-9-6-14-31-19)15-27-21(16-10-12-25-13-11-16)20(23(29)24(27)30)22(28)17-7-4-3-5-8-17/h3-14,18,21,28H,15H2,1-2H3/b22-20+/t18-,21+/m0/s1. The van der Waals surface area contributed by atoms with Crippen LogP contribution in [0, 0.1) is 0 Å². The van der Waals surface area contributed by atoms with Gasteiger partial charge in [-0.05, 0) is 43.2 Å². The molecule has 3 heterocycles. The molecule has 4 rings (SSSR count). The van der Waals surface area contributed by atoms with Crippen molar-refractivity contribution in [1.82, 2.24) is 14.8 Å².